The van der Waals surface area contributed by atoms with Gasteiger partial charge in [-0.05, 0) is 47.4 Å². The standard InChI is InChI=1S/C25H20BrNO2S/c1-18-11-14-20(15-12-18)30(28,29)27-17-24(23-9-5-6-10-25(23)26)22-16-13-19-7-3-2-4-8-21(19)22/h2-17,27H,1H3. The fourth-order valence-corrected chi connectivity index (χ4v) is 4.75. The maximum atomic E-state index is 12.9. The van der Waals surface area contributed by atoms with Gasteiger partial charge in [-0.15, -0.1) is 0 Å². The minimum atomic E-state index is -3.69. The van der Waals surface area contributed by atoms with Crippen LogP contribution < -0.4 is 4.72 Å². The Kier molecular flexibility index (Phi) is 5.75. The number of aryl methyl sites for hydroxylation is 1. The topological polar surface area (TPSA) is 46.2 Å². The second-order valence-corrected chi connectivity index (χ2v) is 9.57. The van der Waals surface area contributed by atoms with Crippen molar-refractivity contribution in [3.8, 4) is 11.1 Å². The number of hydrogen-bond donors (Lipinski definition) is 1. The molecule has 0 aliphatic heterocycles. The Hall–Kier alpha value is -2.89. The van der Waals surface area contributed by atoms with E-state index >= 15 is 0 Å². The van der Waals surface area contributed by atoms with E-state index in [0.717, 1.165) is 37.9 Å². The normalized spacial score (nSPS) is 12.1. The van der Waals surface area contributed by atoms with Gasteiger partial charge in [-0.1, -0.05) is 94.3 Å². The number of hydrogen-bond acceptors (Lipinski definition) is 2. The zero-order chi connectivity index (χ0) is 21.1. The molecule has 2 aromatic carbocycles. The lowest BCUT2D eigenvalue weighted by Gasteiger charge is -2.13. The Bertz CT molecular complexity index is 1290. The summed E-state index contributed by atoms with van der Waals surface area (Å²) in [5.41, 5.74) is 5.81. The van der Waals surface area contributed by atoms with Gasteiger partial charge in [0.1, 0.15) is 0 Å². The molecule has 2 aromatic rings. The summed E-state index contributed by atoms with van der Waals surface area (Å²) in [5, 5.41) is 0. The molecule has 0 bridgehead atoms. The lowest BCUT2D eigenvalue weighted by atomic mass is 9.97. The highest BCUT2D eigenvalue weighted by atomic mass is 79.9. The number of rotatable bonds is 5. The summed E-state index contributed by atoms with van der Waals surface area (Å²) in [4.78, 5) is 0.231. The average molecular weight is 478 g/mol. The average Bonchev–Trinajstić information content (AvgIpc) is 2.97. The molecule has 0 fully saturated rings. The van der Waals surface area contributed by atoms with Gasteiger partial charge in [0.15, 0.2) is 0 Å². The molecule has 0 unspecified atom stereocenters. The molecule has 3 nitrogen and oxygen atoms in total. The molecule has 0 saturated carbocycles. The molecule has 5 heteroatoms. The third-order valence-electron chi connectivity index (χ3n) is 4.94. The van der Waals surface area contributed by atoms with Crippen molar-refractivity contribution in [1.29, 1.82) is 0 Å². The van der Waals surface area contributed by atoms with Crippen LogP contribution in [0.3, 0.4) is 0 Å². The van der Waals surface area contributed by atoms with Gasteiger partial charge in [0.25, 0.3) is 10.0 Å². The van der Waals surface area contributed by atoms with Crippen LogP contribution in [0, 0.1) is 6.92 Å². The Morgan fingerprint density at radius 2 is 1.50 bits per heavy atom. The second kappa shape index (κ2) is 8.46. The van der Waals surface area contributed by atoms with Crippen molar-refractivity contribution < 1.29 is 8.42 Å². The smallest absolute Gasteiger partial charge is 0.261 e. The van der Waals surface area contributed by atoms with E-state index in [0.29, 0.717) is 0 Å². The van der Waals surface area contributed by atoms with Crippen LogP contribution >= 0.6 is 15.9 Å². The van der Waals surface area contributed by atoms with E-state index in [9.17, 15) is 8.42 Å². The quantitative estimate of drug-likeness (QED) is 0.370. The fraction of sp³-hybridized carbons (Fsp3) is 0.0400. The Labute approximate surface area is 185 Å². The van der Waals surface area contributed by atoms with Crippen LogP contribution in [-0.4, -0.2) is 8.42 Å². The van der Waals surface area contributed by atoms with Gasteiger partial charge in [-0.3, -0.25) is 4.72 Å². The van der Waals surface area contributed by atoms with Crippen molar-refractivity contribution >= 4 is 31.5 Å². The van der Waals surface area contributed by atoms with E-state index in [1.54, 1.807) is 30.5 Å². The van der Waals surface area contributed by atoms with Crippen molar-refractivity contribution in [2.45, 2.75) is 11.8 Å². The molecule has 0 atom stereocenters. The van der Waals surface area contributed by atoms with Gasteiger partial charge >= 0.3 is 0 Å². The first kappa shape index (κ1) is 20.4. The maximum Gasteiger partial charge on any atom is 0.261 e. The van der Waals surface area contributed by atoms with E-state index in [1.165, 1.54) is 0 Å². The van der Waals surface area contributed by atoms with Crippen LogP contribution in [-0.2, 0) is 10.0 Å². The molecule has 2 aliphatic carbocycles. The van der Waals surface area contributed by atoms with Crippen LogP contribution in [0.1, 0.15) is 16.7 Å². The molecule has 4 rings (SSSR count). The Balaban J connectivity index is 1.83. The highest BCUT2D eigenvalue weighted by Crippen LogP contribution is 2.37. The summed E-state index contributed by atoms with van der Waals surface area (Å²) in [7, 11) is -3.69. The van der Waals surface area contributed by atoms with Crippen LogP contribution in [0.15, 0.2) is 107 Å². The van der Waals surface area contributed by atoms with E-state index in [1.807, 2.05) is 73.7 Å². The molecule has 1 N–H and O–H groups in total. The second-order valence-electron chi connectivity index (χ2n) is 7.00. The van der Waals surface area contributed by atoms with Crippen molar-refractivity contribution in [3.05, 3.63) is 118 Å². The van der Waals surface area contributed by atoms with Crippen molar-refractivity contribution in [2.24, 2.45) is 0 Å². The molecule has 0 spiro atoms. The lowest BCUT2D eigenvalue weighted by Crippen LogP contribution is -2.18. The van der Waals surface area contributed by atoms with Gasteiger partial charge in [0, 0.05) is 16.2 Å². The zero-order valence-electron chi connectivity index (χ0n) is 16.3. The molecule has 0 aromatic heterocycles. The molecule has 0 amide bonds. The van der Waals surface area contributed by atoms with Crippen molar-refractivity contribution in [3.63, 3.8) is 0 Å². The van der Waals surface area contributed by atoms with E-state index < -0.39 is 10.0 Å². The largest absolute Gasteiger partial charge is 0.286 e. The lowest BCUT2D eigenvalue weighted by molar-refractivity contribution is 0.590. The van der Waals surface area contributed by atoms with Gasteiger partial charge < -0.3 is 0 Å². The summed E-state index contributed by atoms with van der Waals surface area (Å²) < 4.78 is 29.3. The number of benzene rings is 2. The Morgan fingerprint density at radius 3 is 2.27 bits per heavy atom. The molecular formula is C25H20BrNO2S. The van der Waals surface area contributed by atoms with E-state index in [-0.39, 0.29) is 4.90 Å². The summed E-state index contributed by atoms with van der Waals surface area (Å²) in [6.07, 6.45) is 1.58. The number of halogens is 1. The molecule has 150 valence electrons. The monoisotopic (exact) mass is 477 g/mol. The zero-order valence-corrected chi connectivity index (χ0v) is 18.7. The van der Waals surface area contributed by atoms with Gasteiger partial charge in [0.2, 0.25) is 0 Å². The number of nitrogens with one attached hydrogen (secondary N) is 1. The van der Waals surface area contributed by atoms with Crippen LogP contribution in [0.5, 0.6) is 0 Å². The van der Waals surface area contributed by atoms with Crippen molar-refractivity contribution in [2.75, 3.05) is 0 Å². The highest BCUT2D eigenvalue weighted by Gasteiger charge is 2.18. The first-order valence-corrected chi connectivity index (χ1v) is 11.8. The predicted octanol–water partition coefficient (Wildman–Crippen LogP) is 6.23. The molecule has 0 saturated heterocycles. The molecular weight excluding hydrogens is 458 g/mol. The number of sulfonamides is 1. The van der Waals surface area contributed by atoms with Crippen LogP contribution in [0.4, 0.5) is 0 Å². The molecule has 0 heterocycles. The van der Waals surface area contributed by atoms with Crippen LogP contribution in [0.2, 0.25) is 0 Å². The SMILES string of the molecule is Cc1ccc(S(=O)(=O)NC=C(c2ccccc2Br)c2ccc3cccccc2-3)cc1. The van der Waals surface area contributed by atoms with Gasteiger partial charge in [-0.25, -0.2) is 8.42 Å². The Morgan fingerprint density at radius 1 is 0.800 bits per heavy atom. The summed E-state index contributed by atoms with van der Waals surface area (Å²) in [6.45, 7) is 1.93. The van der Waals surface area contributed by atoms with Gasteiger partial charge in [0.05, 0.1) is 4.90 Å². The van der Waals surface area contributed by atoms with Crippen molar-refractivity contribution in [1.82, 2.24) is 4.72 Å². The summed E-state index contributed by atoms with van der Waals surface area (Å²) in [6, 6.07) is 28.7. The van der Waals surface area contributed by atoms with E-state index in [2.05, 4.69) is 20.7 Å². The predicted molar refractivity (Wildman–Crippen MR) is 126 cm³/mol. The molecule has 30 heavy (non-hydrogen) atoms. The third-order valence-corrected chi connectivity index (χ3v) is 6.95. The van der Waals surface area contributed by atoms with E-state index in [4.69, 9.17) is 0 Å². The fourth-order valence-electron chi connectivity index (χ4n) is 3.35. The summed E-state index contributed by atoms with van der Waals surface area (Å²) in [5.74, 6) is 0. The molecule has 0 radical (unpaired) electrons. The third kappa shape index (κ3) is 4.18. The molecule has 2 aliphatic rings. The minimum absolute atomic E-state index is 0.231. The maximum absolute atomic E-state index is 12.9. The van der Waals surface area contributed by atoms with Crippen LogP contribution in [0.25, 0.3) is 16.7 Å². The first-order chi connectivity index (χ1) is 14.5. The minimum Gasteiger partial charge on any atom is -0.286 e. The summed E-state index contributed by atoms with van der Waals surface area (Å²) >= 11 is 3.61. The number of fused-ring (bicyclic) bond motifs is 1. The highest BCUT2D eigenvalue weighted by molar-refractivity contribution is 9.10. The van der Waals surface area contributed by atoms with Gasteiger partial charge in [-0.2, -0.15) is 0 Å². The first-order valence-electron chi connectivity index (χ1n) is 9.48.